The van der Waals surface area contributed by atoms with Crippen molar-refractivity contribution in [1.29, 1.82) is 0 Å². The van der Waals surface area contributed by atoms with E-state index < -0.39 is 5.24 Å². The summed E-state index contributed by atoms with van der Waals surface area (Å²) in [4.78, 5) is 21.0. The summed E-state index contributed by atoms with van der Waals surface area (Å²) in [6, 6.07) is 0. The first-order chi connectivity index (χ1) is 6.84. The van der Waals surface area contributed by atoms with Gasteiger partial charge in [-0.05, 0) is 32.9 Å². The van der Waals surface area contributed by atoms with E-state index in [9.17, 15) is 4.79 Å². The van der Waals surface area contributed by atoms with E-state index in [0.717, 1.165) is 5.06 Å². The quantitative estimate of drug-likeness (QED) is 0.333. The highest BCUT2D eigenvalue weighted by molar-refractivity contribution is 7.96. The van der Waals surface area contributed by atoms with E-state index >= 15 is 0 Å². The molecule has 0 bridgehead atoms. The van der Waals surface area contributed by atoms with E-state index in [2.05, 4.69) is 17.8 Å². The highest BCUT2D eigenvalue weighted by Crippen LogP contribution is 2.02. The second-order valence-corrected chi connectivity index (χ2v) is 3.72. The highest BCUT2D eigenvalue weighted by atomic mass is 32.1. The summed E-state index contributed by atoms with van der Waals surface area (Å²) in [6.07, 6.45) is -0.339. The highest BCUT2D eigenvalue weighted by Gasteiger charge is 2.17. The Morgan fingerprint density at radius 2 is 1.87 bits per heavy atom. The average Bonchev–Trinajstić information content (AvgIpc) is 2.09. The molecule has 7 heteroatoms. The maximum Gasteiger partial charge on any atom is 0.309 e. The predicted octanol–water partition coefficient (Wildman–Crippen LogP) is 1.33. The molecule has 0 heterocycles. The molecule has 0 aromatic carbocycles. The van der Waals surface area contributed by atoms with Crippen molar-refractivity contribution in [1.82, 2.24) is 5.06 Å². The van der Waals surface area contributed by atoms with E-state index in [4.69, 9.17) is 15.4 Å². The molecular formula is C8H17N3O3S. The molecule has 0 atom stereocenters. The third-order valence-electron chi connectivity index (χ3n) is 1.06. The van der Waals surface area contributed by atoms with Crippen molar-refractivity contribution < 1.29 is 14.5 Å². The number of hydroxylamine groups is 2. The van der Waals surface area contributed by atoms with Crippen molar-refractivity contribution in [2.75, 3.05) is 0 Å². The van der Waals surface area contributed by atoms with Crippen LogP contribution in [0.4, 0.5) is 4.79 Å². The number of carbonyl (C=O) groups is 1. The van der Waals surface area contributed by atoms with Crippen molar-refractivity contribution in [3.05, 3.63) is 0 Å². The Bertz CT molecular complexity index is 243. The van der Waals surface area contributed by atoms with Gasteiger partial charge in [0.1, 0.15) is 6.10 Å². The first-order valence-corrected chi connectivity index (χ1v) is 4.98. The Balaban J connectivity index is 4.47. The number of hydrogen-bond donors (Lipinski definition) is 2. The Hall–Kier alpha value is -0.950. The predicted molar refractivity (Wildman–Crippen MR) is 60.3 cm³/mol. The van der Waals surface area contributed by atoms with Crippen LogP contribution in [0.2, 0.25) is 0 Å². The standard InChI is InChI=1S/C8H17N3O3S/c1-5(2)13-10-7(9)11(8(12)15)14-6(3)4/h5-6H,1-4H3,(H2,9,10)(H,12,15). The first-order valence-electron chi connectivity index (χ1n) is 4.53. The van der Waals surface area contributed by atoms with Gasteiger partial charge in [0, 0.05) is 0 Å². The molecule has 0 aliphatic heterocycles. The van der Waals surface area contributed by atoms with E-state index in [-0.39, 0.29) is 18.2 Å². The van der Waals surface area contributed by atoms with Gasteiger partial charge in [-0.25, -0.2) is 0 Å². The summed E-state index contributed by atoms with van der Waals surface area (Å²) in [5.41, 5.74) is 5.47. The Morgan fingerprint density at radius 1 is 1.33 bits per heavy atom. The normalized spacial score (nSPS) is 12.1. The zero-order chi connectivity index (χ0) is 12.0. The number of nitrogens with two attached hydrogens (primary N) is 1. The molecule has 0 aliphatic carbocycles. The van der Waals surface area contributed by atoms with Gasteiger partial charge in [0.25, 0.3) is 5.96 Å². The number of amides is 1. The molecule has 6 nitrogen and oxygen atoms in total. The Kier molecular flexibility index (Phi) is 6.11. The van der Waals surface area contributed by atoms with Gasteiger partial charge in [0.15, 0.2) is 0 Å². The minimum absolute atomic E-state index is 0.125. The van der Waals surface area contributed by atoms with Gasteiger partial charge in [-0.1, -0.05) is 12.6 Å². The summed E-state index contributed by atoms with van der Waals surface area (Å²) in [6.45, 7) is 7.07. The van der Waals surface area contributed by atoms with Gasteiger partial charge >= 0.3 is 5.24 Å². The lowest BCUT2D eigenvalue weighted by atomic mass is 10.5. The third-order valence-corrected chi connectivity index (χ3v) is 1.24. The van der Waals surface area contributed by atoms with Crippen molar-refractivity contribution in [3.8, 4) is 0 Å². The van der Waals surface area contributed by atoms with Gasteiger partial charge in [0.05, 0.1) is 6.10 Å². The van der Waals surface area contributed by atoms with E-state index in [0.29, 0.717) is 0 Å². The van der Waals surface area contributed by atoms with Crippen LogP contribution in [-0.2, 0) is 9.68 Å². The zero-order valence-corrected chi connectivity index (χ0v) is 10.2. The van der Waals surface area contributed by atoms with Gasteiger partial charge in [-0.15, -0.1) is 5.06 Å². The molecular weight excluding hydrogens is 218 g/mol. The number of rotatable bonds is 4. The summed E-state index contributed by atoms with van der Waals surface area (Å²) in [7, 11) is 0. The van der Waals surface area contributed by atoms with Crippen molar-refractivity contribution in [3.63, 3.8) is 0 Å². The maximum atomic E-state index is 11.0. The number of oxime groups is 1. The van der Waals surface area contributed by atoms with Crippen molar-refractivity contribution >= 4 is 23.8 Å². The molecule has 0 aliphatic rings. The van der Waals surface area contributed by atoms with Crippen LogP contribution in [0, 0.1) is 0 Å². The lowest BCUT2D eigenvalue weighted by Gasteiger charge is -2.20. The van der Waals surface area contributed by atoms with Crippen LogP contribution in [0.25, 0.3) is 0 Å². The fourth-order valence-electron chi connectivity index (χ4n) is 0.604. The smallest absolute Gasteiger partial charge is 0.309 e. The fourth-order valence-corrected chi connectivity index (χ4v) is 0.754. The van der Waals surface area contributed by atoms with E-state index in [1.807, 2.05) is 0 Å². The van der Waals surface area contributed by atoms with E-state index in [1.165, 1.54) is 0 Å². The zero-order valence-electron chi connectivity index (χ0n) is 9.30. The first kappa shape index (κ1) is 14.1. The fraction of sp³-hybridized carbons (Fsp3) is 0.750. The summed E-state index contributed by atoms with van der Waals surface area (Å²) >= 11 is 3.60. The van der Waals surface area contributed by atoms with Crippen LogP contribution < -0.4 is 5.73 Å². The molecule has 1 amide bonds. The van der Waals surface area contributed by atoms with Crippen LogP contribution in [0.5, 0.6) is 0 Å². The van der Waals surface area contributed by atoms with Crippen LogP contribution in [0.3, 0.4) is 0 Å². The molecule has 0 saturated carbocycles. The summed E-state index contributed by atoms with van der Waals surface area (Å²) < 4.78 is 0. The molecule has 0 saturated heterocycles. The molecule has 15 heavy (non-hydrogen) atoms. The summed E-state index contributed by atoms with van der Waals surface area (Å²) in [5, 5.41) is 3.64. The van der Waals surface area contributed by atoms with Crippen molar-refractivity contribution in [2.24, 2.45) is 10.9 Å². The third kappa shape index (κ3) is 6.19. The maximum absolute atomic E-state index is 11.0. The topological polar surface area (TPSA) is 77.2 Å². The summed E-state index contributed by atoms with van der Waals surface area (Å²) in [5.74, 6) is -0.183. The van der Waals surface area contributed by atoms with Crippen LogP contribution in [0.15, 0.2) is 5.16 Å². The Morgan fingerprint density at radius 3 is 2.20 bits per heavy atom. The average molecular weight is 235 g/mol. The Labute approximate surface area is 94.7 Å². The molecule has 0 fully saturated rings. The monoisotopic (exact) mass is 235 g/mol. The molecule has 0 aromatic rings. The van der Waals surface area contributed by atoms with Gasteiger partial charge in [0.2, 0.25) is 0 Å². The number of guanidine groups is 1. The molecule has 0 aromatic heterocycles. The largest absolute Gasteiger partial charge is 0.390 e. The van der Waals surface area contributed by atoms with Crippen LogP contribution in [0.1, 0.15) is 27.7 Å². The second-order valence-electron chi connectivity index (χ2n) is 3.33. The molecule has 2 N–H and O–H groups in total. The van der Waals surface area contributed by atoms with Crippen LogP contribution >= 0.6 is 12.6 Å². The van der Waals surface area contributed by atoms with Gasteiger partial charge < -0.3 is 10.6 Å². The number of carbonyl (C=O) groups excluding carboxylic acids is 1. The number of thiol groups is 1. The number of nitrogens with zero attached hydrogens (tertiary/aromatic N) is 2. The molecule has 0 rings (SSSR count). The van der Waals surface area contributed by atoms with Crippen molar-refractivity contribution in [2.45, 2.75) is 39.9 Å². The number of hydrogen-bond acceptors (Lipinski definition) is 4. The molecule has 0 unspecified atom stereocenters. The van der Waals surface area contributed by atoms with Crippen LogP contribution in [-0.4, -0.2) is 28.5 Å². The lowest BCUT2D eigenvalue weighted by molar-refractivity contribution is -0.0939. The van der Waals surface area contributed by atoms with Gasteiger partial charge in [-0.2, -0.15) is 0 Å². The minimum atomic E-state index is -0.655. The molecule has 0 spiro atoms. The molecule has 0 radical (unpaired) electrons. The van der Waals surface area contributed by atoms with Gasteiger partial charge in [-0.3, -0.25) is 9.63 Å². The molecule has 88 valence electrons. The SMILES string of the molecule is CC(C)ON=C(N)N(OC(C)C)C(=O)S. The lowest BCUT2D eigenvalue weighted by Crippen LogP contribution is -2.41. The minimum Gasteiger partial charge on any atom is -0.390 e. The second kappa shape index (κ2) is 6.52. The van der Waals surface area contributed by atoms with E-state index in [1.54, 1.807) is 27.7 Å².